The number of nitrogens with zero attached hydrogens (tertiary/aromatic N) is 1. The maximum atomic E-state index is 11.9. The minimum absolute atomic E-state index is 0.0277. The van der Waals surface area contributed by atoms with Crippen LogP contribution >= 0.6 is 0 Å². The number of amides is 2. The van der Waals surface area contributed by atoms with Gasteiger partial charge >= 0.3 is 6.03 Å². The fraction of sp³-hybridized carbons (Fsp3) is 0.462. The molecule has 16 heavy (non-hydrogen) atoms. The zero-order valence-electron chi connectivity index (χ0n) is 9.69. The van der Waals surface area contributed by atoms with Crippen LogP contribution in [-0.4, -0.2) is 30.1 Å². The Morgan fingerprint density at radius 2 is 2.06 bits per heavy atom. The number of nitrogens with one attached hydrogen (secondary N) is 1. The number of hydrogen-bond acceptors (Lipinski definition) is 1. The van der Waals surface area contributed by atoms with Gasteiger partial charge in [0.15, 0.2) is 0 Å². The Labute approximate surface area is 97.5 Å². The molecule has 0 spiro atoms. The number of carbonyl (C=O) groups excluding carboxylic acids is 1. The van der Waals surface area contributed by atoms with Crippen molar-refractivity contribution in [3.8, 4) is 0 Å². The highest BCUT2D eigenvalue weighted by atomic mass is 16.2. The topological polar surface area (TPSA) is 32.3 Å². The molecule has 1 aliphatic carbocycles. The van der Waals surface area contributed by atoms with Crippen LogP contribution in [-0.2, 0) is 0 Å². The lowest BCUT2D eigenvalue weighted by Gasteiger charge is -2.25. The van der Waals surface area contributed by atoms with E-state index in [2.05, 4.69) is 30.6 Å². The van der Waals surface area contributed by atoms with Crippen LogP contribution in [0, 0.1) is 0 Å². The molecule has 2 amide bonds. The Bertz CT molecular complexity index is 274. The van der Waals surface area contributed by atoms with Crippen LogP contribution in [0.1, 0.15) is 19.3 Å². The van der Waals surface area contributed by atoms with Gasteiger partial charge in [-0.2, -0.15) is 0 Å². The molecule has 0 saturated heterocycles. The third-order valence-electron chi connectivity index (χ3n) is 2.58. The van der Waals surface area contributed by atoms with Gasteiger partial charge in [0, 0.05) is 19.1 Å². The lowest BCUT2D eigenvalue weighted by atomic mass is 10.0. The molecule has 0 fully saturated rings. The highest BCUT2D eigenvalue weighted by Crippen LogP contribution is 2.10. The maximum absolute atomic E-state index is 11.9. The highest BCUT2D eigenvalue weighted by Gasteiger charge is 2.16. The predicted octanol–water partition coefficient (Wildman–Crippen LogP) is 2.48. The molecule has 0 bridgehead atoms. The minimum Gasteiger partial charge on any atom is -0.335 e. The molecule has 1 N–H and O–H groups in total. The number of hydrogen-bond donors (Lipinski definition) is 1. The fourth-order valence-corrected chi connectivity index (χ4v) is 1.74. The first-order chi connectivity index (χ1) is 7.77. The third-order valence-corrected chi connectivity index (χ3v) is 2.58. The van der Waals surface area contributed by atoms with Crippen molar-refractivity contribution in [2.24, 2.45) is 0 Å². The molecule has 0 radical (unpaired) electrons. The third kappa shape index (κ3) is 3.93. The SMILES string of the molecule is C=CCN(CC=C)C(=O)NC1CC=CCC1. The molecular formula is C13H20N2O. The van der Waals surface area contributed by atoms with Gasteiger partial charge in [-0.05, 0) is 19.3 Å². The first kappa shape index (κ1) is 12.6. The molecule has 0 heterocycles. The molecule has 1 rings (SSSR count). The summed E-state index contributed by atoms with van der Waals surface area (Å²) in [7, 11) is 0. The second kappa shape index (κ2) is 6.88. The summed E-state index contributed by atoms with van der Waals surface area (Å²) in [5.41, 5.74) is 0. The van der Waals surface area contributed by atoms with Crippen LogP contribution in [0.4, 0.5) is 4.79 Å². The summed E-state index contributed by atoms with van der Waals surface area (Å²) in [6.07, 6.45) is 10.7. The average Bonchev–Trinajstić information content (AvgIpc) is 2.30. The van der Waals surface area contributed by atoms with Gasteiger partial charge in [0.1, 0.15) is 0 Å². The van der Waals surface area contributed by atoms with E-state index < -0.39 is 0 Å². The largest absolute Gasteiger partial charge is 0.335 e. The number of allylic oxidation sites excluding steroid dienone is 1. The monoisotopic (exact) mass is 220 g/mol. The van der Waals surface area contributed by atoms with Gasteiger partial charge in [0.05, 0.1) is 0 Å². The van der Waals surface area contributed by atoms with Crippen molar-refractivity contribution in [1.29, 1.82) is 0 Å². The summed E-state index contributed by atoms with van der Waals surface area (Å²) in [6.45, 7) is 8.40. The summed E-state index contributed by atoms with van der Waals surface area (Å²) in [5, 5.41) is 3.03. The summed E-state index contributed by atoms with van der Waals surface area (Å²) >= 11 is 0. The molecule has 0 aromatic heterocycles. The van der Waals surface area contributed by atoms with Crippen molar-refractivity contribution in [3.05, 3.63) is 37.5 Å². The lowest BCUT2D eigenvalue weighted by Crippen LogP contribution is -2.45. The molecule has 0 aromatic carbocycles. The second-order valence-corrected chi connectivity index (χ2v) is 3.91. The maximum Gasteiger partial charge on any atom is 0.318 e. The van der Waals surface area contributed by atoms with Crippen molar-refractivity contribution >= 4 is 6.03 Å². The van der Waals surface area contributed by atoms with E-state index in [0.29, 0.717) is 13.1 Å². The highest BCUT2D eigenvalue weighted by molar-refractivity contribution is 5.74. The first-order valence-electron chi connectivity index (χ1n) is 5.70. The van der Waals surface area contributed by atoms with Crippen LogP contribution in [0.2, 0.25) is 0 Å². The summed E-state index contributed by atoms with van der Waals surface area (Å²) < 4.78 is 0. The van der Waals surface area contributed by atoms with Crippen LogP contribution in [0.15, 0.2) is 37.5 Å². The zero-order valence-corrected chi connectivity index (χ0v) is 9.69. The van der Waals surface area contributed by atoms with Crippen molar-refractivity contribution in [2.45, 2.75) is 25.3 Å². The van der Waals surface area contributed by atoms with E-state index in [1.54, 1.807) is 17.1 Å². The standard InChI is InChI=1S/C13H20N2O/c1-3-10-15(11-4-2)13(16)14-12-8-6-5-7-9-12/h3-6,12H,1-2,7-11H2,(H,14,16). The van der Waals surface area contributed by atoms with Crippen LogP contribution < -0.4 is 5.32 Å². The van der Waals surface area contributed by atoms with Gasteiger partial charge in [0.25, 0.3) is 0 Å². The Morgan fingerprint density at radius 3 is 2.56 bits per heavy atom. The summed E-state index contributed by atoms with van der Waals surface area (Å²) in [4.78, 5) is 13.6. The predicted molar refractivity (Wildman–Crippen MR) is 67.3 cm³/mol. The van der Waals surface area contributed by atoms with Crippen LogP contribution in [0.3, 0.4) is 0 Å². The van der Waals surface area contributed by atoms with Crippen molar-refractivity contribution in [3.63, 3.8) is 0 Å². The Morgan fingerprint density at radius 1 is 1.38 bits per heavy atom. The van der Waals surface area contributed by atoms with E-state index in [1.165, 1.54) is 0 Å². The van der Waals surface area contributed by atoms with E-state index in [4.69, 9.17) is 0 Å². The van der Waals surface area contributed by atoms with Gasteiger partial charge in [-0.25, -0.2) is 4.79 Å². The number of urea groups is 1. The van der Waals surface area contributed by atoms with Gasteiger partial charge in [-0.1, -0.05) is 24.3 Å². The van der Waals surface area contributed by atoms with Gasteiger partial charge in [0.2, 0.25) is 0 Å². The smallest absolute Gasteiger partial charge is 0.318 e. The molecule has 0 aromatic rings. The lowest BCUT2D eigenvalue weighted by molar-refractivity contribution is 0.203. The molecule has 3 heteroatoms. The minimum atomic E-state index is -0.0277. The van der Waals surface area contributed by atoms with E-state index >= 15 is 0 Å². The van der Waals surface area contributed by atoms with Crippen molar-refractivity contribution in [2.75, 3.05) is 13.1 Å². The molecule has 88 valence electrons. The molecule has 0 saturated carbocycles. The first-order valence-corrected chi connectivity index (χ1v) is 5.70. The molecule has 0 aliphatic heterocycles. The molecule has 1 atom stereocenters. The molecule has 1 aliphatic rings. The summed E-state index contributed by atoms with van der Waals surface area (Å²) in [6, 6.07) is 0.245. The molecule has 1 unspecified atom stereocenters. The van der Waals surface area contributed by atoms with Crippen molar-refractivity contribution < 1.29 is 4.79 Å². The van der Waals surface area contributed by atoms with E-state index in [0.717, 1.165) is 19.3 Å². The van der Waals surface area contributed by atoms with E-state index in [1.807, 2.05) is 0 Å². The van der Waals surface area contributed by atoms with Crippen LogP contribution in [0.5, 0.6) is 0 Å². The van der Waals surface area contributed by atoms with Gasteiger partial charge < -0.3 is 10.2 Å². The molecular weight excluding hydrogens is 200 g/mol. The van der Waals surface area contributed by atoms with Crippen LogP contribution in [0.25, 0.3) is 0 Å². The normalized spacial score (nSPS) is 18.9. The zero-order chi connectivity index (χ0) is 11.8. The van der Waals surface area contributed by atoms with E-state index in [9.17, 15) is 4.79 Å². The Kier molecular flexibility index (Phi) is 5.40. The Hall–Kier alpha value is -1.51. The quantitative estimate of drug-likeness (QED) is 0.709. The van der Waals surface area contributed by atoms with E-state index in [-0.39, 0.29) is 12.1 Å². The Balaban J connectivity index is 2.43. The van der Waals surface area contributed by atoms with Gasteiger partial charge in [-0.15, -0.1) is 13.2 Å². The number of carbonyl (C=O) groups is 1. The number of rotatable bonds is 5. The fourth-order valence-electron chi connectivity index (χ4n) is 1.74. The average molecular weight is 220 g/mol. The second-order valence-electron chi connectivity index (χ2n) is 3.91. The summed E-state index contributed by atoms with van der Waals surface area (Å²) in [5.74, 6) is 0. The molecule has 3 nitrogen and oxygen atoms in total. The van der Waals surface area contributed by atoms with Crippen molar-refractivity contribution in [1.82, 2.24) is 10.2 Å². The van der Waals surface area contributed by atoms with Gasteiger partial charge in [-0.3, -0.25) is 0 Å².